The van der Waals surface area contributed by atoms with Crippen LogP contribution in [0.1, 0.15) is 0 Å². The third-order valence-electron chi connectivity index (χ3n) is 2.07. The van der Waals surface area contributed by atoms with E-state index in [2.05, 4.69) is 5.32 Å². The molecule has 0 bridgehead atoms. The van der Waals surface area contributed by atoms with Crippen molar-refractivity contribution in [2.45, 2.75) is 0 Å². The van der Waals surface area contributed by atoms with Crippen molar-refractivity contribution in [2.75, 3.05) is 39.5 Å². The molecule has 0 fully saturated rings. The third kappa shape index (κ3) is 6.48. The lowest BCUT2D eigenvalue weighted by molar-refractivity contribution is 0.102. The van der Waals surface area contributed by atoms with Gasteiger partial charge in [0, 0.05) is 19.6 Å². The first-order chi connectivity index (χ1) is 8.34. The molecule has 0 aliphatic heterocycles. The van der Waals surface area contributed by atoms with Crippen LogP contribution < -0.4 is 15.8 Å². The highest BCUT2D eigenvalue weighted by Crippen LogP contribution is 2.22. The van der Waals surface area contributed by atoms with Gasteiger partial charge in [-0.3, -0.25) is 0 Å². The standard InChI is InChI=1S/C12H19ClN2O2/c13-11-3-1-2-4-12(11)17-10-9-16-8-7-15-6-5-14/h1-4,15H,5-10,14H2. The molecule has 1 aromatic carbocycles. The third-order valence-corrected chi connectivity index (χ3v) is 2.38. The molecule has 5 heteroatoms. The largest absolute Gasteiger partial charge is 0.490 e. The number of rotatable bonds is 9. The van der Waals surface area contributed by atoms with Crippen molar-refractivity contribution in [3.63, 3.8) is 0 Å². The summed E-state index contributed by atoms with van der Waals surface area (Å²) in [5.41, 5.74) is 5.33. The Morgan fingerprint density at radius 2 is 1.94 bits per heavy atom. The van der Waals surface area contributed by atoms with Gasteiger partial charge in [-0.05, 0) is 12.1 Å². The Balaban J connectivity index is 1.99. The Kier molecular flexibility index (Phi) is 7.75. The molecule has 0 radical (unpaired) electrons. The average Bonchev–Trinajstić information content (AvgIpc) is 2.35. The summed E-state index contributed by atoms with van der Waals surface area (Å²) in [6.45, 7) is 3.99. The SMILES string of the molecule is NCCNCCOCCOc1ccccc1Cl. The zero-order valence-corrected chi connectivity index (χ0v) is 10.6. The quantitative estimate of drug-likeness (QED) is 0.656. The van der Waals surface area contributed by atoms with Gasteiger partial charge in [0.15, 0.2) is 0 Å². The molecule has 3 N–H and O–H groups in total. The summed E-state index contributed by atoms with van der Waals surface area (Å²) in [5, 5.41) is 3.76. The maximum absolute atomic E-state index is 5.93. The molecule has 17 heavy (non-hydrogen) atoms. The lowest BCUT2D eigenvalue weighted by Gasteiger charge is -2.08. The molecule has 0 heterocycles. The van der Waals surface area contributed by atoms with Gasteiger partial charge < -0.3 is 20.5 Å². The number of nitrogens with one attached hydrogen (secondary N) is 1. The average molecular weight is 259 g/mol. The normalized spacial score (nSPS) is 10.5. The molecule has 0 aliphatic rings. The maximum atomic E-state index is 5.93. The second-order valence-electron chi connectivity index (χ2n) is 3.43. The van der Waals surface area contributed by atoms with Crippen LogP contribution in [0.4, 0.5) is 0 Å². The van der Waals surface area contributed by atoms with E-state index in [1.165, 1.54) is 0 Å². The van der Waals surface area contributed by atoms with Gasteiger partial charge in [-0.2, -0.15) is 0 Å². The van der Waals surface area contributed by atoms with Crippen molar-refractivity contribution in [3.8, 4) is 5.75 Å². The van der Waals surface area contributed by atoms with Gasteiger partial charge in [0.2, 0.25) is 0 Å². The minimum Gasteiger partial charge on any atom is -0.490 e. The minimum atomic E-state index is 0.501. The molecule has 1 rings (SSSR count). The van der Waals surface area contributed by atoms with Gasteiger partial charge in [0.05, 0.1) is 18.2 Å². The number of para-hydroxylation sites is 1. The lowest BCUT2D eigenvalue weighted by Crippen LogP contribution is -2.26. The highest BCUT2D eigenvalue weighted by Gasteiger charge is 1.98. The monoisotopic (exact) mass is 258 g/mol. The van der Waals surface area contributed by atoms with Crippen molar-refractivity contribution in [1.29, 1.82) is 0 Å². The molecule has 96 valence electrons. The summed E-state index contributed by atoms with van der Waals surface area (Å²) < 4.78 is 10.8. The highest BCUT2D eigenvalue weighted by atomic mass is 35.5. The Bertz CT molecular complexity index is 310. The molecule has 0 aliphatic carbocycles. The molecular formula is C12H19ClN2O2. The van der Waals surface area contributed by atoms with Crippen LogP contribution in [0, 0.1) is 0 Å². The molecular weight excluding hydrogens is 240 g/mol. The topological polar surface area (TPSA) is 56.5 Å². The number of nitrogens with two attached hydrogens (primary N) is 1. The Morgan fingerprint density at radius 3 is 2.71 bits per heavy atom. The van der Waals surface area contributed by atoms with Crippen LogP contribution in [0.5, 0.6) is 5.75 Å². The van der Waals surface area contributed by atoms with Gasteiger partial charge in [0.1, 0.15) is 12.4 Å². The van der Waals surface area contributed by atoms with Crippen LogP contribution >= 0.6 is 11.6 Å². The number of ether oxygens (including phenoxy) is 2. The van der Waals surface area contributed by atoms with Crippen LogP contribution in [-0.4, -0.2) is 39.5 Å². The second-order valence-corrected chi connectivity index (χ2v) is 3.84. The first kappa shape index (κ1) is 14.3. The van der Waals surface area contributed by atoms with Gasteiger partial charge in [-0.1, -0.05) is 23.7 Å². The highest BCUT2D eigenvalue weighted by molar-refractivity contribution is 6.32. The fraction of sp³-hybridized carbons (Fsp3) is 0.500. The van der Waals surface area contributed by atoms with E-state index in [4.69, 9.17) is 26.8 Å². The first-order valence-corrected chi connectivity index (χ1v) is 6.08. The zero-order chi connectivity index (χ0) is 12.3. The van der Waals surface area contributed by atoms with E-state index in [1.807, 2.05) is 18.2 Å². The predicted molar refractivity (Wildman–Crippen MR) is 69.7 cm³/mol. The van der Waals surface area contributed by atoms with Crippen molar-refractivity contribution < 1.29 is 9.47 Å². The Hall–Kier alpha value is -0.810. The smallest absolute Gasteiger partial charge is 0.138 e. The zero-order valence-electron chi connectivity index (χ0n) is 9.82. The van der Waals surface area contributed by atoms with Gasteiger partial charge in [-0.25, -0.2) is 0 Å². The minimum absolute atomic E-state index is 0.501. The number of benzene rings is 1. The number of halogens is 1. The van der Waals surface area contributed by atoms with Gasteiger partial charge >= 0.3 is 0 Å². The van der Waals surface area contributed by atoms with Crippen molar-refractivity contribution in [3.05, 3.63) is 29.3 Å². The van der Waals surface area contributed by atoms with Crippen LogP contribution in [0.25, 0.3) is 0 Å². The Morgan fingerprint density at radius 1 is 1.12 bits per heavy atom. The summed E-state index contributed by atoms with van der Waals surface area (Å²) >= 11 is 5.93. The fourth-order valence-corrected chi connectivity index (χ4v) is 1.44. The van der Waals surface area contributed by atoms with Gasteiger partial charge in [0.25, 0.3) is 0 Å². The van der Waals surface area contributed by atoms with Gasteiger partial charge in [-0.15, -0.1) is 0 Å². The van der Waals surface area contributed by atoms with E-state index in [1.54, 1.807) is 6.07 Å². The second kappa shape index (κ2) is 9.24. The molecule has 0 spiro atoms. The van der Waals surface area contributed by atoms with Crippen molar-refractivity contribution in [2.24, 2.45) is 5.73 Å². The van der Waals surface area contributed by atoms with E-state index < -0.39 is 0 Å². The molecule has 0 aromatic heterocycles. The van der Waals surface area contributed by atoms with Crippen LogP contribution in [0.2, 0.25) is 5.02 Å². The first-order valence-electron chi connectivity index (χ1n) is 5.70. The maximum Gasteiger partial charge on any atom is 0.138 e. The van der Waals surface area contributed by atoms with Crippen LogP contribution in [0.15, 0.2) is 24.3 Å². The predicted octanol–water partition coefficient (Wildman–Crippen LogP) is 1.28. The lowest BCUT2D eigenvalue weighted by atomic mass is 10.3. The summed E-state index contributed by atoms with van der Waals surface area (Å²) in [5.74, 6) is 0.694. The molecule has 4 nitrogen and oxygen atoms in total. The molecule has 1 aromatic rings. The fourth-order valence-electron chi connectivity index (χ4n) is 1.25. The van der Waals surface area contributed by atoms with E-state index in [-0.39, 0.29) is 0 Å². The molecule has 0 unspecified atom stereocenters. The molecule has 0 saturated carbocycles. The van der Waals surface area contributed by atoms with Crippen molar-refractivity contribution in [1.82, 2.24) is 5.32 Å². The van der Waals surface area contributed by atoms with E-state index in [0.717, 1.165) is 13.1 Å². The van der Waals surface area contributed by atoms with E-state index in [9.17, 15) is 0 Å². The molecule has 0 amide bonds. The van der Waals surface area contributed by atoms with E-state index in [0.29, 0.717) is 37.1 Å². The number of hydrogen-bond acceptors (Lipinski definition) is 4. The van der Waals surface area contributed by atoms with Crippen LogP contribution in [-0.2, 0) is 4.74 Å². The van der Waals surface area contributed by atoms with Crippen molar-refractivity contribution >= 4 is 11.6 Å². The summed E-state index contributed by atoms with van der Waals surface area (Å²) in [6.07, 6.45) is 0. The summed E-state index contributed by atoms with van der Waals surface area (Å²) in [7, 11) is 0. The summed E-state index contributed by atoms with van der Waals surface area (Å²) in [4.78, 5) is 0. The summed E-state index contributed by atoms with van der Waals surface area (Å²) in [6, 6.07) is 7.40. The molecule has 0 atom stereocenters. The Labute approximate surface area is 107 Å². The molecule has 0 saturated heterocycles. The van der Waals surface area contributed by atoms with Crippen LogP contribution in [0.3, 0.4) is 0 Å². The van der Waals surface area contributed by atoms with E-state index >= 15 is 0 Å². The number of hydrogen-bond donors (Lipinski definition) is 2.